The number of halogens is 1. The highest BCUT2D eigenvalue weighted by Gasteiger charge is 2.18. The summed E-state index contributed by atoms with van der Waals surface area (Å²) in [5.41, 5.74) is 0.316. The van der Waals surface area contributed by atoms with Crippen molar-refractivity contribution >= 4 is 34.5 Å². The number of rotatable bonds is 2. The molecule has 1 fully saturated rings. The van der Waals surface area contributed by atoms with Crippen molar-refractivity contribution in [2.24, 2.45) is 0 Å². The van der Waals surface area contributed by atoms with Crippen LogP contribution in [0.5, 0.6) is 0 Å². The quantitative estimate of drug-likeness (QED) is 0.830. The fourth-order valence-corrected chi connectivity index (χ4v) is 2.86. The molecule has 7 heteroatoms. The molecule has 0 unspecified atom stereocenters. The minimum atomic E-state index is -1.08. The first-order valence-electron chi connectivity index (χ1n) is 6.69. The summed E-state index contributed by atoms with van der Waals surface area (Å²) in [5, 5.41) is 13.2. The predicted octanol–water partition coefficient (Wildman–Crippen LogP) is 3.36. The van der Waals surface area contributed by atoms with Crippen molar-refractivity contribution in [3.63, 3.8) is 0 Å². The Kier molecular flexibility index (Phi) is 3.48. The molecule has 2 N–H and O–H groups in total. The number of carbonyl (C=O) groups is 1. The highest BCUT2D eigenvalue weighted by Crippen LogP contribution is 2.27. The Morgan fingerprint density at radius 1 is 1.35 bits per heavy atom. The van der Waals surface area contributed by atoms with Gasteiger partial charge in [0.05, 0.1) is 5.39 Å². The number of nitrogens with zero attached hydrogens (tertiary/aromatic N) is 3. The summed E-state index contributed by atoms with van der Waals surface area (Å²) >= 11 is 5.91. The van der Waals surface area contributed by atoms with E-state index in [4.69, 9.17) is 16.7 Å². The topological polar surface area (TPSA) is 80.0 Å². The molecular weight excluding hydrogens is 280 g/mol. The van der Waals surface area contributed by atoms with Gasteiger partial charge >= 0.3 is 6.09 Å². The maximum atomic E-state index is 11.1. The van der Waals surface area contributed by atoms with E-state index in [2.05, 4.69) is 15.3 Å². The molecule has 1 aliphatic carbocycles. The minimum Gasteiger partial charge on any atom is -0.464 e. The first kappa shape index (κ1) is 13.2. The molecule has 106 valence electrons. The van der Waals surface area contributed by atoms with Crippen LogP contribution in [0.4, 0.5) is 10.6 Å². The van der Waals surface area contributed by atoms with Gasteiger partial charge in [-0.3, -0.25) is 0 Å². The second-order valence-corrected chi connectivity index (χ2v) is 5.36. The first-order valence-corrected chi connectivity index (χ1v) is 7.07. The van der Waals surface area contributed by atoms with Gasteiger partial charge in [0.1, 0.15) is 5.82 Å². The van der Waals surface area contributed by atoms with Crippen molar-refractivity contribution < 1.29 is 9.90 Å². The van der Waals surface area contributed by atoms with Crippen LogP contribution in [0.3, 0.4) is 0 Å². The van der Waals surface area contributed by atoms with Crippen LogP contribution in [0, 0.1) is 0 Å². The Morgan fingerprint density at radius 2 is 2.10 bits per heavy atom. The molecule has 2 aromatic heterocycles. The van der Waals surface area contributed by atoms with E-state index in [0.717, 1.165) is 17.4 Å². The molecule has 3 rings (SSSR count). The second-order valence-electron chi connectivity index (χ2n) is 5.03. The lowest BCUT2D eigenvalue weighted by Crippen LogP contribution is -2.23. The monoisotopic (exact) mass is 294 g/mol. The van der Waals surface area contributed by atoms with Crippen LogP contribution in [-0.4, -0.2) is 31.8 Å². The van der Waals surface area contributed by atoms with Crippen LogP contribution < -0.4 is 5.32 Å². The lowest BCUT2D eigenvalue weighted by molar-refractivity contribution is 0.197. The normalized spacial score (nSPS) is 16.4. The average molecular weight is 295 g/mol. The van der Waals surface area contributed by atoms with Crippen molar-refractivity contribution in [1.29, 1.82) is 0 Å². The Balaban J connectivity index is 1.99. The van der Waals surface area contributed by atoms with Crippen molar-refractivity contribution in [3.8, 4) is 0 Å². The maximum Gasteiger partial charge on any atom is 0.417 e. The van der Waals surface area contributed by atoms with Gasteiger partial charge < -0.3 is 10.4 Å². The Labute approximate surface area is 120 Å². The Bertz CT molecular complexity index is 649. The fraction of sp³-hybridized carbons (Fsp3) is 0.462. The van der Waals surface area contributed by atoms with Crippen LogP contribution in [0.1, 0.15) is 32.1 Å². The number of aromatic nitrogens is 3. The van der Waals surface area contributed by atoms with Gasteiger partial charge in [-0.2, -0.15) is 4.98 Å². The zero-order chi connectivity index (χ0) is 14.1. The zero-order valence-electron chi connectivity index (χ0n) is 10.8. The third-order valence-corrected chi connectivity index (χ3v) is 3.84. The van der Waals surface area contributed by atoms with Gasteiger partial charge in [-0.25, -0.2) is 14.3 Å². The lowest BCUT2D eigenvalue weighted by atomic mass is 9.95. The highest BCUT2D eigenvalue weighted by molar-refractivity contribution is 6.28. The molecule has 0 spiro atoms. The molecule has 0 atom stereocenters. The van der Waals surface area contributed by atoms with E-state index in [9.17, 15) is 4.79 Å². The van der Waals surface area contributed by atoms with Gasteiger partial charge in [-0.1, -0.05) is 19.3 Å². The van der Waals surface area contributed by atoms with E-state index in [1.54, 1.807) is 6.07 Å². The number of nitrogens with one attached hydrogen (secondary N) is 1. The third-order valence-electron chi connectivity index (χ3n) is 3.67. The van der Waals surface area contributed by atoms with E-state index in [-0.39, 0.29) is 5.28 Å². The summed E-state index contributed by atoms with van der Waals surface area (Å²) in [4.78, 5) is 19.3. The molecule has 6 nitrogen and oxygen atoms in total. The molecule has 0 saturated heterocycles. The number of fused-ring (bicyclic) bond motifs is 1. The average Bonchev–Trinajstić information content (AvgIpc) is 2.83. The summed E-state index contributed by atoms with van der Waals surface area (Å²) in [6, 6.07) is 2.07. The van der Waals surface area contributed by atoms with Gasteiger partial charge in [-0.05, 0) is 30.5 Å². The van der Waals surface area contributed by atoms with Gasteiger partial charge in [0.15, 0.2) is 5.65 Å². The first-order chi connectivity index (χ1) is 9.65. The molecule has 0 aromatic carbocycles. The smallest absolute Gasteiger partial charge is 0.417 e. The molecule has 20 heavy (non-hydrogen) atoms. The molecule has 2 heterocycles. The minimum absolute atomic E-state index is 0.0528. The molecule has 2 aromatic rings. The summed E-state index contributed by atoms with van der Waals surface area (Å²) in [5.74, 6) is 0.618. The van der Waals surface area contributed by atoms with E-state index in [1.165, 1.54) is 25.5 Å². The molecule has 1 saturated carbocycles. The maximum absolute atomic E-state index is 11.1. The van der Waals surface area contributed by atoms with Gasteiger partial charge in [0.2, 0.25) is 5.28 Å². The summed E-state index contributed by atoms with van der Waals surface area (Å²) < 4.78 is 1.05. The highest BCUT2D eigenvalue weighted by atomic mass is 35.5. The Hall–Kier alpha value is -1.82. The van der Waals surface area contributed by atoms with Crippen molar-refractivity contribution in [1.82, 2.24) is 14.5 Å². The van der Waals surface area contributed by atoms with E-state index in [0.29, 0.717) is 22.9 Å². The predicted molar refractivity (Wildman–Crippen MR) is 76.5 cm³/mol. The molecule has 0 aliphatic heterocycles. The molecule has 0 radical (unpaired) electrons. The lowest BCUT2D eigenvalue weighted by Gasteiger charge is -2.23. The molecular formula is C13H15ClN4O2. The molecule has 0 bridgehead atoms. The molecule has 0 amide bonds. The number of anilines is 1. The van der Waals surface area contributed by atoms with Gasteiger partial charge in [0, 0.05) is 12.2 Å². The second kappa shape index (κ2) is 5.28. The van der Waals surface area contributed by atoms with Gasteiger partial charge in [0.25, 0.3) is 0 Å². The number of hydrogen-bond acceptors (Lipinski definition) is 4. The van der Waals surface area contributed by atoms with Crippen LogP contribution >= 0.6 is 11.6 Å². The van der Waals surface area contributed by atoms with E-state index in [1.807, 2.05) is 0 Å². The number of hydrogen-bond donors (Lipinski definition) is 2. The fourth-order valence-electron chi connectivity index (χ4n) is 2.69. The van der Waals surface area contributed by atoms with Crippen molar-refractivity contribution in [2.75, 3.05) is 5.32 Å². The largest absolute Gasteiger partial charge is 0.464 e. The number of carboxylic acid groups (broad SMARTS) is 1. The summed E-state index contributed by atoms with van der Waals surface area (Å²) in [6.45, 7) is 0. The van der Waals surface area contributed by atoms with Crippen LogP contribution in [-0.2, 0) is 0 Å². The van der Waals surface area contributed by atoms with E-state index < -0.39 is 6.09 Å². The van der Waals surface area contributed by atoms with Gasteiger partial charge in [-0.15, -0.1) is 0 Å². The Morgan fingerprint density at radius 3 is 2.80 bits per heavy atom. The van der Waals surface area contributed by atoms with E-state index >= 15 is 0 Å². The van der Waals surface area contributed by atoms with Crippen molar-refractivity contribution in [3.05, 3.63) is 17.5 Å². The molecule has 1 aliphatic rings. The standard InChI is InChI=1S/C13H15ClN4O2/c14-12-16-10(15-8-4-2-1-3-5-8)9-6-7-18(13(19)20)11(9)17-12/h6-8H,1-5H2,(H,19,20)(H,15,16,17). The van der Waals surface area contributed by atoms with Crippen molar-refractivity contribution in [2.45, 2.75) is 38.1 Å². The zero-order valence-corrected chi connectivity index (χ0v) is 11.6. The SMILES string of the molecule is O=C(O)n1ccc2c(NC3CCCCC3)nc(Cl)nc21. The van der Waals surface area contributed by atoms with Crippen LogP contribution in [0.2, 0.25) is 5.28 Å². The van der Waals surface area contributed by atoms with Crippen LogP contribution in [0.15, 0.2) is 12.3 Å². The third kappa shape index (κ3) is 2.43. The summed E-state index contributed by atoms with van der Waals surface area (Å²) in [6.07, 6.45) is 6.26. The summed E-state index contributed by atoms with van der Waals surface area (Å²) in [7, 11) is 0. The van der Waals surface area contributed by atoms with Crippen LogP contribution in [0.25, 0.3) is 11.0 Å².